The third-order valence-electron chi connectivity index (χ3n) is 4.66. The summed E-state index contributed by atoms with van der Waals surface area (Å²) in [6, 6.07) is 18.7. The molecule has 0 aliphatic rings. The topological polar surface area (TPSA) is 129 Å². The Bertz CT molecular complexity index is 1440. The number of aromatic nitrogens is 2. The molecule has 8 nitrogen and oxygen atoms in total. The number of benzene rings is 2. The fourth-order valence-corrected chi connectivity index (χ4v) is 4.04. The van der Waals surface area contributed by atoms with Crippen LogP contribution in [0.25, 0.3) is 26.5 Å². The number of carbonyl (C=O) groups excluding carboxylic acids is 1. The van der Waals surface area contributed by atoms with Crippen molar-refractivity contribution in [2.75, 3.05) is 19.8 Å². The summed E-state index contributed by atoms with van der Waals surface area (Å²) in [6.07, 6.45) is 0.750. The molecule has 1 amide bonds. The number of anilines is 1. The van der Waals surface area contributed by atoms with E-state index in [1.807, 2.05) is 49.4 Å². The quantitative estimate of drug-likeness (QED) is 0.470. The van der Waals surface area contributed by atoms with Crippen LogP contribution in [0, 0.1) is 29.6 Å². The van der Waals surface area contributed by atoms with Crippen LogP contribution in [0.3, 0.4) is 0 Å². The maximum absolute atomic E-state index is 13.1. The van der Waals surface area contributed by atoms with Crippen LogP contribution in [0.5, 0.6) is 0 Å². The second kappa shape index (κ2) is 9.77. The third-order valence-corrected chi connectivity index (χ3v) is 5.68. The molecule has 0 saturated carbocycles. The lowest BCUT2D eigenvalue weighted by Crippen LogP contribution is -2.26. The van der Waals surface area contributed by atoms with Crippen LogP contribution < -0.4 is 11.3 Å². The van der Waals surface area contributed by atoms with Crippen LogP contribution in [0.15, 0.2) is 53.3 Å². The van der Waals surface area contributed by atoms with E-state index in [4.69, 9.17) is 5.73 Å². The lowest BCUT2D eigenvalue weighted by Gasteiger charge is -2.14. The number of amides is 1. The summed E-state index contributed by atoms with van der Waals surface area (Å²) in [5, 5.41) is 19.8. The third kappa shape index (κ3) is 4.59. The van der Waals surface area contributed by atoms with Crippen molar-refractivity contribution in [3.05, 3.63) is 75.6 Å². The number of fused-ring (bicyclic) bond motifs is 1. The second-order valence-electron chi connectivity index (χ2n) is 7.27. The Morgan fingerprint density at radius 3 is 2.21 bits per heavy atom. The van der Waals surface area contributed by atoms with Crippen molar-refractivity contribution in [3.8, 4) is 28.4 Å². The average molecular weight is 457 g/mol. The SMILES string of the molecule is CN(C)C=O.Cc1ccc(-c2c(C#N)c(N)n(-c3nc4ccccc4s3)c(=O)c2C#N)cc1. The summed E-state index contributed by atoms with van der Waals surface area (Å²) < 4.78 is 2.03. The number of carbonyl (C=O) groups is 1. The Labute approximate surface area is 194 Å². The number of pyridine rings is 1. The second-order valence-corrected chi connectivity index (χ2v) is 8.28. The van der Waals surface area contributed by atoms with Gasteiger partial charge in [-0.25, -0.2) is 9.55 Å². The first kappa shape index (κ1) is 23.2. The molecule has 0 fully saturated rings. The molecule has 2 N–H and O–H groups in total. The van der Waals surface area contributed by atoms with Crippen molar-refractivity contribution in [3.63, 3.8) is 0 Å². The van der Waals surface area contributed by atoms with Crippen LogP contribution in [0.2, 0.25) is 0 Å². The van der Waals surface area contributed by atoms with Crippen molar-refractivity contribution in [1.82, 2.24) is 14.5 Å². The fraction of sp³-hybridized carbons (Fsp3) is 0.125. The zero-order valence-electron chi connectivity index (χ0n) is 18.2. The van der Waals surface area contributed by atoms with Crippen LogP contribution >= 0.6 is 11.3 Å². The molecule has 0 aliphatic heterocycles. The van der Waals surface area contributed by atoms with Crippen molar-refractivity contribution in [2.24, 2.45) is 0 Å². The largest absolute Gasteiger partial charge is 0.384 e. The van der Waals surface area contributed by atoms with Gasteiger partial charge in [0.1, 0.15) is 29.1 Å². The monoisotopic (exact) mass is 456 g/mol. The van der Waals surface area contributed by atoms with Crippen LogP contribution in [-0.4, -0.2) is 35.0 Å². The first-order valence-electron chi connectivity index (χ1n) is 9.75. The van der Waals surface area contributed by atoms with Crippen LogP contribution in [-0.2, 0) is 4.79 Å². The summed E-state index contributed by atoms with van der Waals surface area (Å²) in [5.41, 5.74) is 8.19. The molecule has 2 aromatic carbocycles. The lowest BCUT2D eigenvalue weighted by atomic mass is 9.96. The maximum atomic E-state index is 13.1. The van der Waals surface area contributed by atoms with Gasteiger partial charge in [-0.15, -0.1) is 0 Å². The van der Waals surface area contributed by atoms with E-state index in [1.165, 1.54) is 16.2 Å². The van der Waals surface area contributed by atoms with Crippen LogP contribution in [0.1, 0.15) is 16.7 Å². The number of para-hydroxylation sites is 1. The van der Waals surface area contributed by atoms with E-state index in [1.54, 1.807) is 26.2 Å². The minimum atomic E-state index is -0.589. The molecule has 4 aromatic rings. The molecular weight excluding hydrogens is 436 g/mol. The molecule has 0 unspecified atom stereocenters. The summed E-state index contributed by atoms with van der Waals surface area (Å²) >= 11 is 1.27. The molecule has 0 aliphatic carbocycles. The molecule has 2 aromatic heterocycles. The van der Waals surface area contributed by atoms with E-state index in [9.17, 15) is 20.1 Å². The predicted octanol–water partition coefficient (Wildman–Crippen LogP) is 3.45. The Morgan fingerprint density at radius 1 is 1.06 bits per heavy atom. The number of hydrogen-bond donors (Lipinski definition) is 1. The Morgan fingerprint density at radius 2 is 1.67 bits per heavy atom. The van der Waals surface area contributed by atoms with E-state index in [2.05, 4.69) is 11.1 Å². The molecule has 0 atom stereocenters. The highest BCUT2D eigenvalue weighted by Gasteiger charge is 2.24. The van der Waals surface area contributed by atoms with E-state index >= 15 is 0 Å². The standard InChI is InChI=1S/C21H13N5OS.C3H7NO/c1-12-6-8-13(9-7-12)18-14(10-22)19(24)26(20(27)15(18)11-23)21-25-16-4-2-3-5-17(16)28-21;1-4(2)3-5/h2-9H,24H2,1H3;3H,1-2H3. The van der Waals surface area contributed by atoms with Gasteiger partial charge in [-0.05, 0) is 24.6 Å². The van der Waals surface area contributed by atoms with Gasteiger partial charge >= 0.3 is 0 Å². The number of aryl methyl sites for hydroxylation is 1. The number of nitrogens with two attached hydrogens (primary N) is 1. The summed E-state index contributed by atoms with van der Waals surface area (Å²) in [7, 11) is 3.38. The lowest BCUT2D eigenvalue weighted by molar-refractivity contribution is -0.115. The molecule has 0 radical (unpaired) electrons. The van der Waals surface area contributed by atoms with Gasteiger partial charge in [0.15, 0.2) is 5.13 Å². The number of nitrogen functional groups attached to an aromatic ring is 1. The zero-order valence-corrected chi connectivity index (χ0v) is 19.1. The molecule has 33 heavy (non-hydrogen) atoms. The summed E-state index contributed by atoms with van der Waals surface area (Å²) in [6.45, 7) is 1.93. The first-order valence-corrected chi connectivity index (χ1v) is 10.6. The van der Waals surface area contributed by atoms with E-state index in [0.29, 0.717) is 16.2 Å². The van der Waals surface area contributed by atoms with Crippen molar-refractivity contribution in [1.29, 1.82) is 10.5 Å². The van der Waals surface area contributed by atoms with Crippen molar-refractivity contribution < 1.29 is 4.79 Å². The molecule has 2 heterocycles. The fourth-order valence-electron chi connectivity index (χ4n) is 3.06. The van der Waals surface area contributed by atoms with Crippen LogP contribution in [0.4, 0.5) is 5.82 Å². The maximum Gasteiger partial charge on any atom is 0.277 e. The van der Waals surface area contributed by atoms with Gasteiger partial charge in [-0.3, -0.25) is 9.59 Å². The zero-order chi connectivity index (χ0) is 24.1. The van der Waals surface area contributed by atoms with E-state index in [-0.39, 0.29) is 22.5 Å². The van der Waals surface area contributed by atoms with Gasteiger partial charge in [0.25, 0.3) is 5.56 Å². The molecule has 0 saturated heterocycles. The van der Waals surface area contributed by atoms with Gasteiger partial charge in [0, 0.05) is 19.7 Å². The minimum Gasteiger partial charge on any atom is -0.384 e. The molecule has 0 bridgehead atoms. The summed E-state index contributed by atoms with van der Waals surface area (Å²) in [4.78, 5) is 28.5. The van der Waals surface area contributed by atoms with Gasteiger partial charge in [0.05, 0.1) is 10.2 Å². The highest BCUT2D eigenvalue weighted by Crippen LogP contribution is 2.32. The minimum absolute atomic E-state index is 0.0267. The number of rotatable bonds is 3. The highest BCUT2D eigenvalue weighted by atomic mass is 32.1. The molecule has 9 heteroatoms. The number of nitrogens with zero attached hydrogens (tertiary/aromatic N) is 5. The molecule has 0 spiro atoms. The number of hydrogen-bond acceptors (Lipinski definition) is 7. The van der Waals surface area contributed by atoms with E-state index in [0.717, 1.165) is 21.2 Å². The molecule has 4 rings (SSSR count). The van der Waals surface area contributed by atoms with Crippen molar-refractivity contribution in [2.45, 2.75) is 6.92 Å². The number of nitriles is 2. The van der Waals surface area contributed by atoms with Crippen molar-refractivity contribution >= 4 is 33.8 Å². The molecule has 164 valence electrons. The highest BCUT2D eigenvalue weighted by molar-refractivity contribution is 7.20. The van der Waals surface area contributed by atoms with Gasteiger partial charge in [-0.2, -0.15) is 10.5 Å². The van der Waals surface area contributed by atoms with Gasteiger partial charge in [0.2, 0.25) is 6.41 Å². The Kier molecular flexibility index (Phi) is 6.87. The predicted molar refractivity (Wildman–Crippen MR) is 129 cm³/mol. The first-order chi connectivity index (χ1) is 15.8. The number of thiazole rings is 1. The Balaban J connectivity index is 0.000000555. The Hall–Kier alpha value is -4.47. The smallest absolute Gasteiger partial charge is 0.277 e. The van der Waals surface area contributed by atoms with Gasteiger partial charge in [-0.1, -0.05) is 53.3 Å². The summed E-state index contributed by atoms with van der Waals surface area (Å²) in [5.74, 6) is -0.0267. The van der Waals surface area contributed by atoms with Gasteiger partial charge < -0.3 is 10.6 Å². The molecular formula is C24H20N6O2S. The van der Waals surface area contributed by atoms with E-state index < -0.39 is 5.56 Å². The normalized spacial score (nSPS) is 9.97. The average Bonchev–Trinajstić information content (AvgIpc) is 3.23.